The van der Waals surface area contributed by atoms with E-state index in [-0.39, 0.29) is 5.92 Å². The van der Waals surface area contributed by atoms with E-state index < -0.39 is 0 Å². The van der Waals surface area contributed by atoms with Crippen molar-refractivity contribution < 1.29 is 4.79 Å². The second kappa shape index (κ2) is 7.28. The number of carbonyl (C=O) groups excluding carboxylic acids is 1. The molecular formula is C16H30N2O. The summed E-state index contributed by atoms with van der Waals surface area (Å²) in [6, 6.07) is 0.426. The molecule has 0 radical (unpaired) electrons. The number of hydrogen-bond donors (Lipinski definition) is 1. The van der Waals surface area contributed by atoms with Crippen molar-refractivity contribution in [2.24, 2.45) is 11.8 Å². The molecule has 110 valence electrons. The average molecular weight is 266 g/mol. The van der Waals surface area contributed by atoms with Gasteiger partial charge in [0.2, 0.25) is 5.91 Å². The van der Waals surface area contributed by atoms with Crippen molar-refractivity contribution in [1.82, 2.24) is 10.2 Å². The van der Waals surface area contributed by atoms with E-state index in [0.717, 1.165) is 44.7 Å². The molecule has 1 saturated heterocycles. The summed E-state index contributed by atoms with van der Waals surface area (Å²) in [6.07, 6.45) is 9.89. The Morgan fingerprint density at radius 1 is 1.32 bits per heavy atom. The largest absolute Gasteiger partial charge is 0.341 e. The first kappa shape index (κ1) is 14.8. The third kappa shape index (κ3) is 3.95. The highest BCUT2D eigenvalue weighted by Gasteiger charge is 2.30. The number of amides is 1. The molecule has 0 aromatic rings. The highest BCUT2D eigenvalue weighted by Crippen LogP contribution is 2.32. The van der Waals surface area contributed by atoms with Crippen molar-refractivity contribution in [3.63, 3.8) is 0 Å². The number of nitrogens with one attached hydrogen (secondary N) is 1. The molecule has 1 N–H and O–H groups in total. The van der Waals surface area contributed by atoms with Crippen molar-refractivity contribution in [2.45, 2.75) is 64.3 Å². The first-order valence-corrected chi connectivity index (χ1v) is 8.19. The second-order valence-electron chi connectivity index (χ2n) is 6.47. The average Bonchev–Trinajstić information content (AvgIpc) is 3.09. The van der Waals surface area contributed by atoms with Crippen LogP contribution in [0.25, 0.3) is 0 Å². The predicted molar refractivity (Wildman–Crippen MR) is 79.0 cm³/mol. The Labute approximate surface area is 118 Å². The Hall–Kier alpha value is -0.570. The molecule has 1 aliphatic carbocycles. The molecule has 1 saturated carbocycles. The van der Waals surface area contributed by atoms with Gasteiger partial charge in [-0.3, -0.25) is 4.79 Å². The molecule has 0 aromatic carbocycles. The summed E-state index contributed by atoms with van der Waals surface area (Å²) in [5, 5.41) is 3.36. The lowest BCUT2D eigenvalue weighted by molar-refractivity contribution is -0.136. The third-order valence-electron chi connectivity index (χ3n) is 5.01. The van der Waals surface area contributed by atoms with Crippen molar-refractivity contribution >= 4 is 5.91 Å². The number of likely N-dealkylation sites (N-methyl/N-ethyl adjacent to an activating group) is 1. The van der Waals surface area contributed by atoms with Crippen molar-refractivity contribution in [2.75, 3.05) is 20.1 Å². The minimum atomic E-state index is 0.277. The van der Waals surface area contributed by atoms with E-state index in [9.17, 15) is 4.79 Å². The molecule has 3 nitrogen and oxygen atoms in total. The molecule has 2 fully saturated rings. The zero-order valence-electron chi connectivity index (χ0n) is 12.7. The van der Waals surface area contributed by atoms with Crippen LogP contribution in [0.1, 0.15) is 58.3 Å². The molecule has 2 aliphatic rings. The van der Waals surface area contributed by atoms with Crippen molar-refractivity contribution in [3.05, 3.63) is 0 Å². The van der Waals surface area contributed by atoms with Crippen LogP contribution in [0.3, 0.4) is 0 Å². The Morgan fingerprint density at radius 3 is 2.63 bits per heavy atom. The van der Waals surface area contributed by atoms with Crippen molar-refractivity contribution in [3.8, 4) is 0 Å². The number of nitrogens with zero attached hydrogens (tertiary/aromatic N) is 1. The molecule has 2 unspecified atom stereocenters. The minimum absolute atomic E-state index is 0.277. The van der Waals surface area contributed by atoms with E-state index in [1.807, 2.05) is 11.9 Å². The molecular weight excluding hydrogens is 236 g/mol. The summed E-state index contributed by atoms with van der Waals surface area (Å²) in [4.78, 5) is 14.7. The Morgan fingerprint density at radius 2 is 2.05 bits per heavy atom. The molecule has 0 spiro atoms. The van der Waals surface area contributed by atoms with Gasteiger partial charge in [-0.25, -0.2) is 0 Å². The lowest BCUT2D eigenvalue weighted by atomic mass is 9.89. The lowest BCUT2D eigenvalue weighted by Crippen LogP contribution is -2.42. The zero-order chi connectivity index (χ0) is 13.7. The first-order valence-electron chi connectivity index (χ1n) is 8.19. The normalized spacial score (nSPS) is 25.7. The van der Waals surface area contributed by atoms with Crippen LogP contribution in [-0.2, 0) is 4.79 Å². The summed E-state index contributed by atoms with van der Waals surface area (Å²) >= 11 is 0. The summed E-state index contributed by atoms with van der Waals surface area (Å²) in [5.74, 6) is 1.50. The fourth-order valence-electron chi connectivity index (χ4n) is 3.78. The van der Waals surface area contributed by atoms with E-state index in [4.69, 9.17) is 0 Å². The van der Waals surface area contributed by atoms with Gasteiger partial charge in [0.1, 0.15) is 0 Å². The SMILES string of the molecule is CCCC(CC1CCCC1)C(=O)N(C)C1CCNC1. The lowest BCUT2D eigenvalue weighted by Gasteiger charge is -2.29. The van der Waals surface area contributed by atoms with Crippen LogP contribution >= 0.6 is 0 Å². The third-order valence-corrected chi connectivity index (χ3v) is 5.01. The number of carbonyl (C=O) groups is 1. The maximum absolute atomic E-state index is 12.7. The van der Waals surface area contributed by atoms with Crippen LogP contribution in [0.15, 0.2) is 0 Å². The van der Waals surface area contributed by atoms with Crippen molar-refractivity contribution in [1.29, 1.82) is 0 Å². The molecule has 1 amide bonds. The van der Waals surface area contributed by atoms with Gasteiger partial charge in [-0.15, -0.1) is 0 Å². The van der Waals surface area contributed by atoms with E-state index in [1.165, 1.54) is 25.7 Å². The highest BCUT2D eigenvalue weighted by molar-refractivity contribution is 5.79. The van der Waals surface area contributed by atoms with Gasteiger partial charge >= 0.3 is 0 Å². The Bertz CT molecular complexity index is 280. The summed E-state index contributed by atoms with van der Waals surface area (Å²) in [5.41, 5.74) is 0. The standard InChI is InChI=1S/C16H30N2O/c1-3-6-14(11-13-7-4-5-8-13)16(19)18(2)15-9-10-17-12-15/h13-15,17H,3-12H2,1-2H3. The molecule has 2 atom stereocenters. The minimum Gasteiger partial charge on any atom is -0.341 e. The summed E-state index contributed by atoms with van der Waals surface area (Å²) in [6.45, 7) is 4.24. The molecule has 1 heterocycles. The number of rotatable bonds is 6. The summed E-state index contributed by atoms with van der Waals surface area (Å²) < 4.78 is 0. The topological polar surface area (TPSA) is 32.3 Å². The van der Waals surface area contributed by atoms with Gasteiger partial charge in [-0.2, -0.15) is 0 Å². The maximum Gasteiger partial charge on any atom is 0.225 e. The van der Waals surface area contributed by atoms with Gasteiger partial charge in [0, 0.05) is 25.6 Å². The van der Waals surface area contributed by atoms with Gasteiger partial charge in [0.05, 0.1) is 0 Å². The Balaban J connectivity index is 1.90. The molecule has 19 heavy (non-hydrogen) atoms. The van der Waals surface area contributed by atoms with E-state index in [2.05, 4.69) is 12.2 Å². The monoisotopic (exact) mass is 266 g/mol. The smallest absolute Gasteiger partial charge is 0.225 e. The van der Waals surface area contributed by atoms with Crippen LogP contribution in [0.5, 0.6) is 0 Å². The highest BCUT2D eigenvalue weighted by atomic mass is 16.2. The number of hydrogen-bond acceptors (Lipinski definition) is 2. The van der Waals surface area contributed by atoms with E-state index >= 15 is 0 Å². The fraction of sp³-hybridized carbons (Fsp3) is 0.938. The van der Waals surface area contributed by atoms with E-state index in [1.54, 1.807) is 0 Å². The van der Waals surface area contributed by atoms with Crippen LogP contribution in [0.2, 0.25) is 0 Å². The van der Waals surface area contributed by atoms with Crippen LogP contribution in [0.4, 0.5) is 0 Å². The van der Waals surface area contributed by atoms with Gasteiger partial charge in [-0.1, -0.05) is 39.0 Å². The fourth-order valence-corrected chi connectivity index (χ4v) is 3.78. The van der Waals surface area contributed by atoms with Crippen LogP contribution in [-0.4, -0.2) is 37.0 Å². The van der Waals surface area contributed by atoms with Gasteiger partial charge in [-0.05, 0) is 31.7 Å². The first-order chi connectivity index (χ1) is 9.22. The zero-order valence-corrected chi connectivity index (χ0v) is 12.7. The molecule has 1 aliphatic heterocycles. The predicted octanol–water partition coefficient (Wildman–Crippen LogP) is 2.80. The van der Waals surface area contributed by atoms with Gasteiger partial charge < -0.3 is 10.2 Å². The molecule has 3 heteroatoms. The van der Waals surface area contributed by atoms with Gasteiger partial charge in [0.25, 0.3) is 0 Å². The van der Waals surface area contributed by atoms with Crippen LogP contribution in [0, 0.1) is 11.8 Å². The Kier molecular flexibility index (Phi) is 5.68. The molecule has 2 rings (SSSR count). The van der Waals surface area contributed by atoms with E-state index in [0.29, 0.717) is 11.9 Å². The summed E-state index contributed by atoms with van der Waals surface area (Å²) in [7, 11) is 2.01. The maximum atomic E-state index is 12.7. The second-order valence-corrected chi connectivity index (χ2v) is 6.47. The quantitative estimate of drug-likeness (QED) is 0.802. The molecule has 0 bridgehead atoms. The van der Waals surface area contributed by atoms with Gasteiger partial charge in [0.15, 0.2) is 0 Å². The molecule has 0 aromatic heterocycles. The van der Waals surface area contributed by atoms with Crippen LogP contribution < -0.4 is 5.32 Å².